The molecule has 0 aliphatic carbocycles. The maximum Gasteiger partial charge on any atom is 0.246 e. The summed E-state index contributed by atoms with van der Waals surface area (Å²) in [6.45, 7) is 3.86. The average Bonchev–Trinajstić information content (AvgIpc) is 3.14. The first kappa shape index (κ1) is 48.7. The predicted molar refractivity (Wildman–Crippen MR) is 196 cm³/mol. The Labute approximate surface area is 309 Å². The van der Waals surface area contributed by atoms with Crippen LogP contribution in [-0.2, 0) is 47.7 Å². The molecule has 3 atom stereocenters. The van der Waals surface area contributed by atoms with Gasteiger partial charge in [-0.1, -0.05) is 6.42 Å². The SMILES string of the molecule is CNCCCCC(NC)C(=O)NC(CCCCNC(=O)C(CCCCNC=O)NC)C(=O)NCCOCCOCC(=O)NCCOCCOCC=O. The van der Waals surface area contributed by atoms with Crippen LogP contribution in [0.4, 0.5) is 0 Å². The number of nitrogens with one attached hydrogen (secondary N) is 8. The van der Waals surface area contributed by atoms with Crippen molar-refractivity contribution in [1.29, 1.82) is 0 Å². The maximum absolute atomic E-state index is 13.1. The Balaban J connectivity index is 4.58. The summed E-state index contributed by atoms with van der Waals surface area (Å²) in [5.74, 6) is -0.961. The minimum Gasteiger partial charge on any atom is -0.377 e. The highest BCUT2D eigenvalue weighted by Gasteiger charge is 2.24. The number of amides is 5. The molecule has 0 bridgehead atoms. The fraction of sp³-hybridized carbons (Fsp3) is 0.824. The Hall–Kier alpha value is -3.26. The summed E-state index contributed by atoms with van der Waals surface area (Å²) in [7, 11) is 5.34. The van der Waals surface area contributed by atoms with Crippen LogP contribution in [0.25, 0.3) is 0 Å². The van der Waals surface area contributed by atoms with E-state index in [0.29, 0.717) is 84.3 Å². The normalized spacial score (nSPS) is 12.7. The van der Waals surface area contributed by atoms with Crippen molar-refractivity contribution in [2.24, 2.45) is 0 Å². The lowest BCUT2D eigenvalue weighted by atomic mass is 10.1. The molecule has 0 aliphatic heterocycles. The standard InChI is InChI=1S/C34H66N8O10/c1-35-13-7-4-11-29(37-3)34(48)42-30(12-6-9-15-40-32(46)28(36-2)10-5-8-14-38-27-44)33(47)41-17-20-50-24-25-52-26-31(45)39-16-19-49-22-23-51-21-18-43/h18,27-30,35-37H,4-17,19-26H2,1-3H3,(H,38,44)(H,39,45)(H,40,46)(H,41,47)(H,42,48). The van der Waals surface area contributed by atoms with Crippen LogP contribution in [0.5, 0.6) is 0 Å². The summed E-state index contributed by atoms with van der Waals surface area (Å²) in [6.07, 6.45) is 7.57. The molecule has 0 spiro atoms. The number of rotatable bonds is 38. The van der Waals surface area contributed by atoms with Gasteiger partial charge in [-0.05, 0) is 79.1 Å². The second kappa shape index (κ2) is 36.1. The van der Waals surface area contributed by atoms with Crippen molar-refractivity contribution in [2.45, 2.75) is 75.9 Å². The summed E-state index contributed by atoms with van der Waals surface area (Å²) < 4.78 is 21.1. The van der Waals surface area contributed by atoms with Gasteiger partial charge in [-0.15, -0.1) is 0 Å². The number of aldehydes is 1. The summed E-state index contributed by atoms with van der Waals surface area (Å²) in [6, 6.07) is -1.53. The fourth-order valence-electron chi connectivity index (χ4n) is 4.87. The zero-order valence-corrected chi connectivity index (χ0v) is 31.5. The molecule has 0 aromatic rings. The van der Waals surface area contributed by atoms with E-state index in [0.717, 1.165) is 32.2 Å². The second-order valence-corrected chi connectivity index (χ2v) is 11.9. The Bertz CT molecular complexity index is 950. The molecule has 0 saturated heterocycles. The van der Waals surface area contributed by atoms with Crippen LogP contribution >= 0.6 is 0 Å². The van der Waals surface area contributed by atoms with Crippen LogP contribution in [-0.4, -0.2) is 161 Å². The Morgan fingerprint density at radius 2 is 1.06 bits per heavy atom. The Morgan fingerprint density at radius 1 is 0.538 bits per heavy atom. The van der Waals surface area contributed by atoms with Gasteiger partial charge in [-0.25, -0.2) is 0 Å². The molecule has 0 radical (unpaired) electrons. The van der Waals surface area contributed by atoms with E-state index < -0.39 is 12.1 Å². The quantitative estimate of drug-likeness (QED) is 0.0247. The first-order valence-corrected chi connectivity index (χ1v) is 18.4. The lowest BCUT2D eigenvalue weighted by molar-refractivity contribution is -0.130. The zero-order chi connectivity index (χ0) is 38.5. The van der Waals surface area contributed by atoms with Gasteiger partial charge in [-0.3, -0.25) is 24.0 Å². The lowest BCUT2D eigenvalue weighted by Gasteiger charge is -2.22. The number of unbranched alkanes of at least 4 members (excludes halogenated alkanes) is 3. The van der Waals surface area contributed by atoms with E-state index in [1.165, 1.54) is 0 Å². The average molecular weight is 747 g/mol. The van der Waals surface area contributed by atoms with E-state index in [4.69, 9.17) is 18.9 Å². The van der Waals surface area contributed by atoms with Crippen molar-refractivity contribution >= 4 is 36.3 Å². The van der Waals surface area contributed by atoms with E-state index >= 15 is 0 Å². The fourth-order valence-corrected chi connectivity index (χ4v) is 4.87. The van der Waals surface area contributed by atoms with E-state index in [1.807, 2.05) is 7.05 Å². The molecule has 18 heteroatoms. The molecule has 8 N–H and O–H groups in total. The Morgan fingerprint density at radius 3 is 1.67 bits per heavy atom. The van der Waals surface area contributed by atoms with Gasteiger partial charge >= 0.3 is 0 Å². The zero-order valence-electron chi connectivity index (χ0n) is 31.5. The monoisotopic (exact) mass is 746 g/mol. The van der Waals surface area contributed by atoms with E-state index in [2.05, 4.69) is 42.5 Å². The van der Waals surface area contributed by atoms with Gasteiger partial charge in [-0.2, -0.15) is 0 Å². The second-order valence-electron chi connectivity index (χ2n) is 11.9. The summed E-state index contributed by atoms with van der Waals surface area (Å²) >= 11 is 0. The number of likely N-dealkylation sites (N-methyl/N-ethyl adjacent to an activating group) is 2. The highest BCUT2D eigenvalue weighted by molar-refractivity contribution is 5.89. The topological polar surface area (TPSA) is 236 Å². The highest BCUT2D eigenvalue weighted by atomic mass is 16.5. The number of carbonyl (C=O) groups is 6. The number of ether oxygens (including phenoxy) is 4. The van der Waals surface area contributed by atoms with Gasteiger partial charge in [0, 0.05) is 26.2 Å². The van der Waals surface area contributed by atoms with E-state index in [1.54, 1.807) is 14.1 Å². The van der Waals surface area contributed by atoms with Gasteiger partial charge in [0.25, 0.3) is 0 Å². The van der Waals surface area contributed by atoms with Crippen molar-refractivity contribution in [1.82, 2.24) is 42.5 Å². The number of hydrogen-bond donors (Lipinski definition) is 8. The van der Waals surface area contributed by atoms with Crippen molar-refractivity contribution in [3.05, 3.63) is 0 Å². The summed E-state index contributed by atoms with van der Waals surface area (Å²) in [5, 5.41) is 23.1. The molecule has 0 aromatic heterocycles. The number of carbonyl (C=O) groups excluding carboxylic acids is 6. The largest absolute Gasteiger partial charge is 0.377 e. The molecule has 0 aliphatic rings. The molecule has 0 aromatic carbocycles. The molecule has 18 nitrogen and oxygen atoms in total. The van der Waals surface area contributed by atoms with E-state index in [9.17, 15) is 28.8 Å². The van der Waals surface area contributed by atoms with E-state index in [-0.39, 0.29) is 69.2 Å². The van der Waals surface area contributed by atoms with Crippen LogP contribution in [0, 0.1) is 0 Å². The van der Waals surface area contributed by atoms with Crippen molar-refractivity contribution in [3.8, 4) is 0 Å². The molecule has 3 unspecified atom stereocenters. The molecule has 5 amide bonds. The van der Waals surface area contributed by atoms with Crippen LogP contribution in [0.3, 0.4) is 0 Å². The van der Waals surface area contributed by atoms with Gasteiger partial charge < -0.3 is 66.3 Å². The van der Waals surface area contributed by atoms with Gasteiger partial charge in [0.05, 0.1) is 51.7 Å². The minimum atomic E-state index is -0.760. The van der Waals surface area contributed by atoms with Gasteiger partial charge in [0.2, 0.25) is 30.0 Å². The molecule has 0 fully saturated rings. The third kappa shape index (κ3) is 28.3. The first-order chi connectivity index (χ1) is 25.3. The molecule has 302 valence electrons. The lowest BCUT2D eigenvalue weighted by Crippen LogP contribution is -2.52. The third-order valence-corrected chi connectivity index (χ3v) is 7.78. The molecule has 0 saturated carbocycles. The van der Waals surface area contributed by atoms with Crippen LogP contribution in [0.15, 0.2) is 0 Å². The molecule has 52 heavy (non-hydrogen) atoms. The smallest absolute Gasteiger partial charge is 0.246 e. The molecular weight excluding hydrogens is 680 g/mol. The van der Waals surface area contributed by atoms with Crippen LogP contribution < -0.4 is 42.5 Å². The minimum absolute atomic E-state index is 0.0286. The van der Waals surface area contributed by atoms with Gasteiger partial charge in [0.1, 0.15) is 25.5 Å². The summed E-state index contributed by atoms with van der Waals surface area (Å²) in [5.41, 5.74) is 0. The van der Waals surface area contributed by atoms with Crippen LogP contribution in [0.2, 0.25) is 0 Å². The Kier molecular flexibility index (Phi) is 33.8. The van der Waals surface area contributed by atoms with Crippen molar-refractivity contribution < 1.29 is 47.7 Å². The van der Waals surface area contributed by atoms with Gasteiger partial charge in [0.15, 0.2) is 0 Å². The van der Waals surface area contributed by atoms with Crippen LogP contribution in [0.1, 0.15) is 57.8 Å². The molecular formula is C34H66N8O10. The first-order valence-electron chi connectivity index (χ1n) is 18.4. The predicted octanol–water partition coefficient (Wildman–Crippen LogP) is -2.26. The highest BCUT2D eigenvalue weighted by Crippen LogP contribution is 2.06. The number of hydrogen-bond acceptors (Lipinski definition) is 13. The molecule has 0 rings (SSSR count). The molecule has 0 heterocycles. The van der Waals surface area contributed by atoms with Crippen molar-refractivity contribution in [3.63, 3.8) is 0 Å². The summed E-state index contributed by atoms with van der Waals surface area (Å²) in [4.78, 5) is 71.2. The third-order valence-electron chi connectivity index (χ3n) is 7.78. The maximum atomic E-state index is 13.1. The van der Waals surface area contributed by atoms with Crippen molar-refractivity contribution in [2.75, 3.05) is 107 Å².